The Morgan fingerprint density at radius 2 is 1.75 bits per heavy atom. The van der Waals surface area contributed by atoms with Crippen molar-refractivity contribution in [3.05, 3.63) is 89.1 Å². The molecule has 0 spiro atoms. The number of aromatic nitrogens is 4. The van der Waals surface area contributed by atoms with Gasteiger partial charge in [-0.25, -0.2) is 9.67 Å². The molecule has 1 amide bonds. The number of nitrogens with one attached hydrogen (secondary N) is 1. The second-order valence-corrected chi connectivity index (χ2v) is 6.51. The van der Waals surface area contributed by atoms with E-state index in [1.807, 2.05) is 67.6 Å². The van der Waals surface area contributed by atoms with Crippen LogP contribution in [0.2, 0.25) is 0 Å². The summed E-state index contributed by atoms with van der Waals surface area (Å²) in [5.74, 6) is -0.255. The summed E-state index contributed by atoms with van der Waals surface area (Å²) in [5, 5.41) is 7.55. The SMILES string of the molecule is CC(NC(=O)Cn1cnc2c(cnn2-c2ccccc2)c1=O)c1ccccc1. The van der Waals surface area contributed by atoms with Gasteiger partial charge in [0.1, 0.15) is 18.3 Å². The normalized spacial score (nSPS) is 12.0. The minimum Gasteiger partial charge on any atom is -0.348 e. The maximum Gasteiger partial charge on any atom is 0.264 e. The second-order valence-electron chi connectivity index (χ2n) is 6.51. The van der Waals surface area contributed by atoms with Crippen LogP contribution in [0.4, 0.5) is 0 Å². The highest BCUT2D eigenvalue weighted by molar-refractivity contribution is 5.78. The molecule has 4 aromatic rings. The van der Waals surface area contributed by atoms with E-state index in [0.29, 0.717) is 11.0 Å². The summed E-state index contributed by atoms with van der Waals surface area (Å²) >= 11 is 0. The van der Waals surface area contributed by atoms with Crippen molar-refractivity contribution < 1.29 is 4.79 Å². The zero-order valence-corrected chi connectivity index (χ0v) is 15.3. The molecule has 0 saturated carbocycles. The van der Waals surface area contributed by atoms with Crippen molar-refractivity contribution in [3.8, 4) is 5.69 Å². The molecule has 0 saturated heterocycles. The van der Waals surface area contributed by atoms with Crippen LogP contribution in [0.15, 0.2) is 78.0 Å². The maximum atomic E-state index is 12.8. The van der Waals surface area contributed by atoms with Gasteiger partial charge in [-0.1, -0.05) is 48.5 Å². The third-order valence-corrected chi connectivity index (χ3v) is 4.55. The predicted octanol–water partition coefficient (Wildman–Crippen LogP) is 2.46. The highest BCUT2D eigenvalue weighted by atomic mass is 16.2. The molecule has 7 nitrogen and oxygen atoms in total. The van der Waals surface area contributed by atoms with Gasteiger partial charge in [0.25, 0.3) is 5.56 Å². The molecule has 2 aromatic heterocycles. The van der Waals surface area contributed by atoms with E-state index in [-0.39, 0.29) is 24.1 Å². The third kappa shape index (κ3) is 3.42. The summed E-state index contributed by atoms with van der Waals surface area (Å²) in [6, 6.07) is 19.0. The Labute approximate surface area is 161 Å². The highest BCUT2D eigenvalue weighted by Crippen LogP contribution is 2.13. The van der Waals surface area contributed by atoms with Crippen LogP contribution in [0, 0.1) is 0 Å². The van der Waals surface area contributed by atoms with Crippen LogP contribution >= 0.6 is 0 Å². The Morgan fingerprint density at radius 1 is 1.07 bits per heavy atom. The Bertz CT molecular complexity index is 1170. The third-order valence-electron chi connectivity index (χ3n) is 4.55. The lowest BCUT2D eigenvalue weighted by Crippen LogP contribution is -2.33. The molecule has 28 heavy (non-hydrogen) atoms. The summed E-state index contributed by atoms with van der Waals surface area (Å²) in [6.45, 7) is 1.80. The topological polar surface area (TPSA) is 81.8 Å². The van der Waals surface area contributed by atoms with Crippen molar-refractivity contribution >= 4 is 16.9 Å². The van der Waals surface area contributed by atoms with Crippen molar-refractivity contribution in [1.82, 2.24) is 24.6 Å². The van der Waals surface area contributed by atoms with Gasteiger partial charge in [0.05, 0.1) is 17.9 Å². The number of benzene rings is 2. The standard InChI is InChI=1S/C21H19N5O2/c1-15(16-8-4-2-5-9-16)24-19(27)13-25-14-22-20-18(21(25)28)12-23-26(20)17-10-6-3-7-11-17/h2-12,14-15H,13H2,1H3,(H,24,27). The smallest absolute Gasteiger partial charge is 0.264 e. The van der Waals surface area contributed by atoms with E-state index in [2.05, 4.69) is 15.4 Å². The Hall–Kier alpha value is -3.74. The fourth-order valence-corrected chi connectivity index (χ4v) is 3.09. The molecule has 0 fully saturated rings. The molecule has 1 atom stereocenters. The van der Waals surface area contributed by atoms with Gasteiger partial charge in [0.15, 0.2) is 5.65 Å². The number of fused-ring (bicyclic) bond motifs is 1. The molecule has 0 aliphatic heterocycles. The first-order valence-electron chi connectivity index (χ1n) is 8.96. The number of carbonyl (C=O) groups excluding carboxylic acids is 1. The summed E-state index contributed by atoms with van der Waals surface area (Å²) in [5.41, 5.74) is 1.98. The van der Waals surface area contributed by atoms with Gasteiger partial charge in [0.2, 0.25) is 5.91 Å². The summed E-state index contributed by atoms with van der Waals surface area (Å²) in [4.78, 5) is 29.5. The first-order valence-corrected chi connectivity index (χ1v) is 8.96. The first-order chi connectivity index (χ1) is 13.6. The fraction of sp³-hybridized carbons (Fsp3) is 0.143. The highest BCUT2D eigenvalue weighted by Gasteiger charge is 2.14. The number of para-hydroxylation sites is 1. The number of hydrogen-bond donors (Lipinski definition) is 1. The van der Waals surface area contributed by atoms with Crippen molar-refractivity contribution in [2.45, 2.75) is 19.5 Å². The van der Waals surface area contributed by atoms with E-state index in [4.69, 9.17) is 0 Å². The van der Waals surface area contributed by atoms with Crippen LogP contribution in [-0.2, 0) is 11.3 Å². The zero-order chi connectivity index (χ0) is 19.5. The van der Waals surface area contributed by atoms with Crippen LogP contribution in [0.3, 0.4) is 0 Å². The van der Waals surface area contributed by atoms with Crippen LogP contribution in [0.1, 0.15) is 18.5 Å². The summed E-state index contributed by atoms with van der Waals surface area (Å²) < 4.78 is 2.91. The van der Waals surface area contributed by atoms with Gasteiger partial charge in [-0.2, -0.15) is 5.10 Å². The van der Waals surface area contributed by atoms with Crippen molar-refractivity contribution in [3.63, 3.8) is 0 Å². The molecular weight excluding hydrogens is 354 g/mol. The lowest BCUT2D eigenvalue weighted by atomic mass is 10.1. The molecule has 4 rings (SSSR count). The Balaban J connectivity index is 1.56. The monoisotopic (exact) mass is 373 g/mol. The molecular formula is C21H19N5O2. The van der Waals surface area contributed by atoms with E-state index in [1.165, 1.54) is 17.1 Å². The molecule has 0 radical (unpaired) electrons. The van der Waals surface area contributed by atoms with Crippen LogP contribution in [0.25, 0.3) is 16.7 Å². The quantitative estimate of drug-likeness (QED) is 0.583. The van der Waals surface area contributed by atoms with Gasteiger partial charge in [-0.3, -0.25) is 14.2 Å². The van der Waals surface area contributed by atoms with E-state index in [9.17, 15) is 9.59 Å². The predicted molar refractivity (Wildman–Crippen MR) is 106 cm³/mol. The van der Waals surface area contributed by atoms with E-state index >= 15 is 0 Å². The molecule has 1 N–H and O–H groups in total. The fourth-order valence-electron chi connectivity index (χ4n) is 3.09. The van der Waals surface area contributed by atoms with Crippen molar-refractivity contribution in [2.75, 3.05) is 0 Å². The van der Waals surface area contributed by atoms with E-state index in [1.54, 1.807) is 4.68 Å². The van der Waals surface area contributed by atoms with Crippen LogP contribution < -0.4 is 10.9 Å². The largest absolute Gasteiger partial charge is 0.348 e. The van der Waals surface area contributed by atoms with Gasteiger partial charge in [0, 0.05) is 0 Å². The number of rotatable bonds is 5. The number of hydrogen-bond acceptors (Lipinski definition) is 4. The Kier molecular flexibility index (Phi) is 4.72. The first kappa shape index (κ1) is 17.7. The molecule has 140 valence electrons. The van der Waals surface area contributed by atoms with E-state index < -0.39 is 0 Å². The second kappa shape index (κ2) is 7.48. The Morgan fingerprint density at radius 3 is 2.46 bits per heavy atom. The minimum absolute atomic E-state index is 0.102. The van der Waals surface area contributed by atoms with Crippen molar-refractivity contribution in [1.29, 1.82) is 0 Å². The van der Waals surface area contributed by atoms with Gasteiger partial charge in [-0.15, -0.1) is 0 Å². The molecule has 0 bridgehead atoms. The lowest BCUT2D eigenvalue weighted by molar-refractivity contribution is -0.122. The molecule has 1 unspecified atom stereocenters. The molecule has 0 aliphatic carbocycles. The number of carbonyl (C=O) groups is 1. The van der Waals surface area contributed by atoms with Crippen LogP contribution in [0.5, 0.6) is 0 Å². The molecule has 0 aliphatic rings. The van der Waals surface area contributed by atoms with Gasteiger partial charge in [-0.05, 0) is 24.6 Å². The summed E-state index contributed by atoms with van der Waals surface area (Å²) in [6.07, 6.45) is 2.87. The average molecular weight is 373 g/mol. The van der Waals surface area contributed by atoms with E-state index in [0.717, 1.165) is 11.3 Å². The molecule has 2 aromatic carbocycles. The van der Waals surface area contributed by atoms with Gasteiger partial charge >= 0.3 is 0 Å². The number of amides is 1. The summed E-state index contributed by atoms with van der Waals surface area (Å²) in [7, 11) is 0. The average Bonchev–Trinajstić information content (AvgIpc) is 3.16. The van der Waals surface area contributed by atoms with Crippen molar-refractivity contribution in [2.24, 2.45) is 0 Å². The minimum atomic E-state index is -0.297. The zero-order valence-electron chi connectivity index (χ0n) is 15.3. The lowest BCUT2D eigenvalue weighted by Gasteiger charge is -2.14. The van der Waals surface area contributed by atoms with Gasteiger partial charge < -0.3 is 5.32 Å². The molecule has 2 heterocycles. The number of nitrogens with zero attached hydrogens (tertiary/aromatic N) is 4. The molecule has 7 heteroatoms. The van der Waals surface area contributed by atoms with Crippen LogP contribution in [-0.4, -0.2) is 25.2 Å². The maximum absolute atomic E-state index is 12.8.